The normalized spacial score (nSPS) is 18.5. The fourth-order valence-corrected chi connectivity index (χ4v) is 1.73. The van der Waals surface area contributed by atoms with Crippen molar-refractivity contribution >= 4 is 5.91 Å². The third kappa shape index (κ3) is 4.10. The molecule has 0 aromatic heterocycles. The van der Waals surface area contributed by atoms with Crippen molar-refractivity contribution in [3.63, 3.8) is 0 Å². The molecule has 0 atom stereocenters. The predicted octanol–water partition coefficient (Wildman–Crippen LogP) is 0.539. The van der Waals surface area contributed by atoms with E-state index in [0.29, 0.717) is 6.42 Å². The van der Waals surface area contributed by atoms with Crippen LogP contribution >= 0.6 is 0 Å². The fourth-order valence-electron chi connectivity index (χ4n) is 1.73. The molecule has 4 heteroatoms. The molecule has 1 aliphatic rings. The topological polar surface area (TPSA) is 35.6 Å². The Morgan fingerprint density at radius 1 is 1.31 bits per heavy atom. The Labute approximate surface area is 99.0 Å². The van der Waals surface area contributed by atoms with Gasteiger partial charge in [-0.05, 0) is 20.8 Å². The third-order valence-electron chi connectivity index (χ3n) is 3.23. The van der Waals surface area contributed by atoms with E-state index in [4.69, 9.17) is 0 Å². The minimum absolute atomic E-state index is 0.0689. The van der Waals surface area contributed by atoms with E-state index >= 15 is 0 Å². The smallest absolute Gasteiger partial charge is 0.224 e. The molecule has 1 N–H and O–H groups in total. The highest BCUT2D eigenvalue weighted by atomic mass is 16.2. The van der Waals surface area contributed by atoms with Gasteiger partial charge in [-0.2, -0.15) is 0 Å². The molecule has 0 radical (unpaired) electrons. The number of carbonyl (C=O) groups excluding carboxylic acids is 1. The maximum Gasteiger partial charge on any atom is 0.224 e. The summed E-state index contributed by atoms with van der Waals surface area (Å²) in [5.41, 5.74) is -0.0689. The van der Waals surface area contributed by atoms with Gasteiger partial charge in [0.05, 0.1) is 0 Å². The third-order valence-corrected chi connectivity index (χ3v) is 3.23. The van der Waals surface area contributed by atoms with E-state index in [0.717, 1.165) is 32.7 Å². The highest BCUT2D eigenvalue weighted by molar-refractivity contribution is 5.76. The quantitative estimate of drug-likeness (QED) is 0.764. The van der Waals surface area contributed by atoms with Crippen molar-refractivity contribution in [3.05, 3.63) is 0 Å². The highest BCUT2D eigenvalue weighted by Gasteiger charge is 2.22. The van der Waals surface area contributed by atoms with Crippen molar-refractivity contribution in [3.8, 4) is 0 Å². The first-order chi connectivity index (χ1) is 7.41. The summed E-state index contributed by atoms with van der Waals surface area (Å²) < 4.78 is 0. The molecule has 0 spiro atoms. The zero-order chi connectivity index (χ0) is 12.2. The SMILES string of the molecule is CN(C(=O)CCN1CCNCC1)C(C)(C)C. The second-order valence-corrected chi connectivity index (χ2v) is 5.47. The highest BCUT2D eigenvalue weighted by Crippen LogP contribution is 2.11. The van der Waals surface area contributed by atoms with E-state index in [1.54, 1.807) is 0 Å². The molecule has 1 fully saturated rings. The van der Waals surface area contributed by atoms with Gasteiger partial charge in [0.15, 0.2) is 0 Å². The number of carbonyl (C=O) groups is 1. The number of nitrogens with one attached hydrogen (secondary N) is 1. The van der Waals surface area contributed by atoms with E-state index in [2.05, 4.69) is 31.0 Å². The summed E-state index contributed by atoms with van der Waals surface area (Å²) in [7, 11) is 1.89. The van der Waals surface area contributed by atoms with Crippen LogP contribution in [0.5, 0.6) is 0 Å². The molecular weight excluding hydrogens is 202 g/mol. The zero-order valence-corrected chi connectivity index (χ0v) is 11.0. The minimum atomic E-state index is -0.0689. The Balaban J connectivity index is 2.29. The Hall–Kier alpha value is -0.610. The first-order valence-electron chi connectivity index (χ1n) is 6.11. The molecule has 16 heavy (non-hydrogen) atoms. The largest absolute Gasteiger partial charge is 0.341 e. The molecule has 0 saturated carbocycles. The molecule has 1 aliphatic heterocycles. The number of hydrogen-bond donors (Lipinski definition) is 1. The standard InChI is InChI=1S/C12H25N3O/c1-12(2,3)14(4)11(16)5-8-15-9-6-13-7-10-15/h13H,5-10H2,1-4H3. The number of hydrogen-bond acceptors (Lipinski definition) is 3. The summed E-state index contributed by atoms with van der Waals surface area (Å²) in [4.78, 5) is 16.1. The lowest BCUT2D eigenvalue weighted by atomic mass is 10.1. The van der Waals surface area contributed by atoms with Crippen LogP contribution in [0.3, 0.4) is 0 Å². The van der Waals surface area contributed by atoms with Gasteiger partial charge in [-0.3, -0.25) is 4.79 Å². The van der Waals surface area contributed by atoms with Gasteiger partial charge in [0.2, 0.25) is 5.91 Å². The van der Waals surface area contributed by atoms with Crippen molar-refractivity contribution in [1.82, 2.24) is 15.1 Å². The Bertz CT molecular complexity index is 229. The Morgan fingerprint density at radius 3 is 2.38 bits per heavy atom. The van der Waals surface area contributed by atoms with Crippen LogP contribution in [0, 0.1) is 0 Å². The maximum absolute atomic E-state index is 11.9. The van der Waals surface area contributed by atoms with Crippen molar-refractivity contribution in [2.45, 2.75) is 32.7 Å². The Morgan fingerprint density at radius 2 is 1.88 bits per heavy atom. The van der Waals surface area contributed by atoms with Crippen LogP contribution in [-0.2, 0) is 4.79 Å². The van der Waals surface area contributed by atoms with Crippen LogP contribution in [0.4, 0.5) is 0 Å². The van der Waals surface area contributed by atoms with Crippen molar-refractivity contribution < 1.29 is 4.79 Å². The second kappa shape index (κ2) is 5.64. The average molecular weight is 227 g/mol. The van der Waals surface area contributed by atoms with Gasteiger partial charge in [0.25, 0.3) is 0 Å². The van der Waals surface area contributed by atoms with Gasteiger partial charge >= 0.3 is 0 Å². The fraction of sp³-hybridized carbons (Fsp3) is 0.917. The Kier molecular flexibility index (Phi) is 4.74. The lowest BCUT2D eigenvalue weighted by molar-refractivity contribution is -0.134. The van der Waals surface area contributed by atoms with Crippen LogP contribution in [0.15, 0.2) is 0 Å². The summed E-state index contributed by atoms with van der Waals surface area (Å²) >= 11 is 0. The van der Waals surface area contributed by atoms with E-state index in [-0.39, 0.29) is 11.4 Å². The van der Waals surface area contributed by atoms with E-state index in [1.165, 1.54) is 0 Å². The van der Waals surface area contributed by atoms with Gasteiger partial charge in [0.1, 0.15) is 0 Å². The van der Waals surface area contributed by atoms with Crippen LogP contribution < -0.4 is 5.32 Å². The molecule has 0 bridgehead atoms. The van der Waals surface area contributed by atoms with E-state index in [1.807, 2.05) is 11.9 Å². The summed E-state index contributed by atoms with van der Waals surface area (Å²) in [6, 6.07) is 0. The van der Waals surface area contributed by atoms with Gasteiger partial charge in [-0.25, -0.2) is 0 Å². The van der Waals surface area contributed by atoms with Crippen molar-refractivity contribution in [2.75, 3.05) is 39.8 Å². The van der Waals surface area contributed by atoms with Crippen LogP contribution in [0.1, 0.15) is 27.2 Å². The molecule has 1 amide bonds. The summed E-state index contributed by atoms with van der Waals surface area (Å²) in [6.07, 6.45) is 0.633. The molecular formula is C12H25N3O. The van der Waals surface area contributed by atoms with E-state index in [9.17, 15) is 4.79 Å². The molecule has 0 unspecified atom stereocenters. The molecule has 1 heterocycles. The zero-order valence-electron chi connectivity index (χ0n) is 11.0. The predicted molar refractivity (Wildman–Crippen MR) is 66.4 cm³/mol. The molecule has 1 saturated heterocycles. The summed E-state index contributed by atoms with van der Waals surface area (Å²) in [5.74, 6) is 0.242. The first kappa shape index (κ1) is 13.5. The number of amides is 1. The number of rotatable bonds is 3. The van der Waals surface area contributed by atoms with Crippen molar-refractivity contribution in [1.29, 1.82) is 0 Å². The second-order valence-electron chi connectivity index (χ2n) is 5.47. The summed E-state index contributed by atoms with van der Waals surface area (Å²) in [5, 5.41) is 3.31. The first-order valence-corrected chi connectivity index (χ1v) is 6.11. The molecule has 0 aromatic carbocycles. The average Bonchev–Trinajstić information content (AvgIpc) is 2.25. The molecule has 0 aromatic rings. The van der Waals surface area contributed by atoms with Crippen LogP contribution in [-0.4, -0.2) is 61.0 Å². The molecule has 4 nitrogen and oxygen atoms in total. The molecule has 94 valence electrons. The molecule has 1 rings (SSSR count). The van der Waals surface area contributed by atoms with Gasteiger partial charge in [-0.15, -0.1) is 0 Å². The number of nitrogens with zero attached hydrogens (tertiary/aromatic N) is 2. The monoisotopic (exact) mass is 227 g/mol. The van der Waals surface area contributed by atoms with Crippen molar-refractivity contribution in [2.24, 2.45) is 0 Å². The molecule has 0 aliphatic carbocycles. The summed E-state index contributed by atoms with van der Waals surface area (Å²) in [6.45, 7) is 11.3. The van der Waals surface area contributed by atoms with E-state index < -0.39 is 0 Å². The maximum atomic E-state index is 11.9. The van der Waals surface area contributed by atoms with Crippen LogP contribution in [0.25, 0.3) is 0 Å². The minimum Gasteiger partial charge on any atom is -0.341 e. The lowest BCUT2D eigenvalue weighted by Gasteiger charge is -2.33. The van der Waals surface area contributed by atoms with Crippen LogP contribution in [0.2, 0.25) is 0 Å². The van der Waals surface area contributed by atoms with Gasteiger partial charge in [-0.1, -0.05) is 0 Å². The van der Waals surface area contributed by atoms with Gasteiger partial charge in [0, 0.05) is 51.7 Å². The number of piperazine rings is 1. The van der Waals surface area contributed by atoms with Gasteiger partial charge < -0.3 is 15.1 Å². The lowest BCUT2D eigenvalue weighted by Crippen LogP contribution is -2.46.